The van der Waals surface area contributed by atoms with Crippen LogP contribution in [-0.2, 0) is 20.8 Å². The Morgan fingerprint density at radius 2 is 1.51 bits per heavy atom. The highest BCUT2D eigenvalue weighted by atomic mass is 16.5. The molecule has 0 saturated heterocycles. The second-order valence-electron chi connectivity index (χ2n) is 7.31. The van der Waals surface area contributed by atoms with E-state index in [9.17, 15) is 14.4 Å². The van der Waals surface area contributed by atoms with Crippen molar-refractivity contribution >= 4 is 35.3 Å². The number of ether oxygens (including phenoxy) is 2. The summed E-state index contributed by atoms with van der Waals surface area (Å²) in [5.41, 5.74) is 4.98. The molecule has 3 amide bonds. The molecule has 0 spiro atoms. The van der Waals surface area contributed by atoms with Gasteiger partial charge < -0.3 is 20.1 Å². The van der Waals surface area contributed by atoms with Crippen molar-refractivity contribution in [2.45, 2.75) is 13.3 Å². The third-order valence-corrected chi connectivity index (χ3v) is 4.85. The Balaban J connectivity index is 1.51. The van der Waals surface area contributed by atoms with E-state index in [2.05, 4.69) is 28.1 Å². The van der Waals surface area contributed by atoms with Gasteiger partial charge in [-0.05, 0) is 60.5 Å². The van der Waals surface area contributed by atoms with E-state index in [0.29, 0.717) is 28.4 Å². The van der Waals surface area contributed by atoms with Crippen molar-refractivity contribution in [1.82, 2.24) is 5.43 Å². The Hall–Kier alpha value is -4.66. The van der Waals surface area contributed by atoms with E-state index in [-0.39, 0.29) is 12.5 Å². The number of hydrogen-bond acceptors (Lipinski definition) is 6. The first-order chi connectivity index (χ1) is 17.0. The van der Waals surface area contributed by atoms with Gasteiger partial charge in [0.2, 0.25) is 0 Å². The largest absolute Gasteiger partial charge is 0.497 e. The zero-order valence-corrected chi connectivity index (χ0v) is 19.4. The van der Waals surface area contributed by atoms with Crippen LogP contribution in [0.25, 0.3) is 0 Å². The van der Waals surface area contributed by atoms with Crippen molar-refractivity contribution in [3.8, 4) is 11.5 Å². The summed E-state index contributed by atoms with van der Waals surface area (Å²) < 4.78 is 10.7. The highest BCUT2D eigenvalue weighted by molar-refractivity contribution is 6.39. The minimum atomic E-state index is -0.941. The fourth-order valence-electron chi connectivity index (χ4n) is 2.96. The van der Waals surface area contributed by atoms with Crippen LogP contribution in [0.1, 0.15) is 18.1 Å². The number of carbonyl (C=O) groups excluding carboxylic acids is 3. The average Bonchev–Trinajstić information content (AvgIpc) is 2.89. The molecule has 0 bridgehead atoms. The van der Waals surface area contributed by atoms with E-state index >= 15 is 0 Å². The number of amides is 3. The van der Waals surface area contributed by atoms with Crippen molar-refractivity contribution in [1.29, 1.82) is 0 Å². The van der Waals surface area contributed by atoms with Crippen molar-refractivity contribution in [2.24, 2.45) is 5.10 Å². The van der Waals surface area contributed by atoms with E-state index in [1.807, 2.05) is 24.3 Å². The fourth-order valence-corrected chi connectivity index (χ4v) is 2.96. The summed E-state index contributed by atoms with van der Waals surface area (Å²) in [5.74, 6) is -1.11. The standard InChI is InChI=1S/C26H26N4O5/c1-3-18-8-10-20(11-9-18)28-24(31)17-35-23-7-5-4-6-19(23)16-27-30-26(33)25(32)29-21-12-14-22(34-2)15-13-21/h4-16H,3,17H2,1-2H3,(H,28,31)(H,29,32)(H,30,33)/b27-16-. The van der Waals surface area contributed by atoms with E-state index in [1.165, 1.54) is 18.9 Å². The van der Waals surface area contributed by atoms with Crippen LogP contribution in [0.15, 0.2) is 77.9 Å². The number of nitrogens with one attached hydrogen (secondary N) is 3. The Kier molecular flexibility index (Phi) is 8.95. The molecule has 0 fully saturated rings. The number of rotatable bonds is 9. The second kappa shape index (κ2) is 12.5. The summed E-state index contributed by atoms with van der Waals surface area (Å²) in [7, 11) is 1.53. The maximum Gasteiger partial charge on any atom is 0.329 e. The third kappa shape index (κ3) is 7.71. The number of nitrogens with zero attached hydrogens (tertiary/aromatic N) is 1. The van der Waals surface area contributed by atoms with Crippen LogP contribution in [0, 0.1) is 0 Å². The number of benzene rings is 3. The molecule has 0 aliphatic rings. The Morgan fingerprint density at radius 3 is 2.20 bits per heavy atom. The first kappa shape index (κ1) is 25.0. The first-order valence-corrected chi connectivity index (χ1v) is 10.9. The molecule has 3 aromatic rings. The molecule has 0 heterocycles. The molecule has 0 aromatic heterocycles. The van der Waals surface area contributed by atoms with Crippen LogP contribution in [0.3, 0.4) is 0 Å². The summed E-state index contributed by atoms with van der Waals surface area (Å²) in [5, 5.41) is 9.05. The number of carbonyl (C=O) groups is 3. The molecule has 0 aliphatic heterocycles. The smallest absolute Gasteiger partial charge is 0.329 e. The number of para-hydroxylation sites is 1. The minimum Gasteiger partial charge on any atom is -0.497 e. The lowest BCUT2D eigenvalue weighted by Gasteiger charge is -2.10. The van der Waals surface area contributed by atoms with Gasteiger partial charge in [-0.3, -0.25) is 14.4 Å². The second-order valence-corrected chi connectivity index (χ2v) is 7.31. The van der Waals surface area contributed by atoms with Gasteiger partial charge >= 0.3 is 11.8 Å². The minimum absolute atomic E-state index is 0.211. The molecule has 180 valence electrons. The van der Waals surface area contributed by atoms with Gasteiger partial charge in [0.1, 0.15) is 11.5 Å². The Labute approximate surface area is 203 Å². The van der Waals surface area contributed by atoms with E-state index in [4.69, 9.17) is 9.47 Å². The molecule has 0 radical (unpaired) electrons. The summed E-state index contributed by atoms with van der Waals surface area (Å²) >= 11 is 0. The lowest BCUT2D eigenvalue weighted by molar-refractivity contribution is -0.136. The molecule has 9 heteroatoms. The van der Waals surface area contributed by atoms with E-state index < -0.39 is 11.8 Å². The SMILES string of the molecule is CCc1ccc(NC(=O)COc2ccccc2/C=N\NC(=O)C(=O)Nc2ccc(OC)cc2)cc1. The monoisotopic (exact) mass is 474 g/mol. The maximum atomic E-state index is 12.2. The topological polar surface area (TPSA) is 118 Å². The zero-order valence-electron chi connectivity index (χ0n) is 19.4. The maximum absolute atomic E-state index is 12.2. The number of hydrazone groups is 1. The van der Waals surface area contributed by atoms with Crippen LogP contribution >= 0.6 is 0 Å². The van der Waals surface area contributed by atoms with Gasteiger partial charge in [0, 0.05) is 16.9 Å². The number of methoxy groups -OCH3 is 1. The van der Waals surface area contributed by atoms with E-state index in [0.717, 1.165) is 6.42 Å². The number of anilines is 2. The van der Waals surface area contributed by atoms with Gasteiger partial charge in [-0.15, -0.1) is 0 Å². The van der Waals surface area contributed by atoms with Gasteiger partial charge in [0.25, 0.3) is 5.91 Å². The van der Waals surface area contributed by atoms with Gasteiger partial charge in [-0.1, -0.05) is 31.2 Å². The summed E-state index contributed by atoms with van der Waals surface area (Å²) in [6.45, 7) is 1.85. The normalized spacial score (nSPS) is 10.5. The quantitative estimate of drug-likeness (QED) is 0.250. The fraction of sp³-hybridized carbons (Fsp3) is 0.154. The summed E-state index contributed by atoms with van der Waals surface area (Å²) in [4.78, 5) is 36.3. The lowest BCUT2D eigenvalue weighted by atomic mass is 10.1. The summed E-state index contributed by atoms with van der Waals surface area (Å²) in [6.07, 6.45) is 2.25. The van der Waals surface area contributed by atoms with E-state index in [1.54, 1.807) is 48.5 Å². The number of hydrogen-bond donors (Lipinski definition) is 3. The highest BCUT2D eigenvalue weighted by Gasteiger charge is 2.13. The van der Waals surface area contributed by atoms with Crippen molar-refractivity contribution in [3.63, 3.8) is 0 Å². The predicted molar refractivity (Wildman–Crippen MR) is 134 cm³/mol. The molecule has 0 unspecified atom stereocenters. The van der Waals surface area contributed by atoms with Crippen LogP contribution in [0.5, 0.6) is 11.5 Å². The van der Waals surface area contributed by atoms with Crippen LogP contribution in [0.4, 0.5) is 11.4 Å². The third-order valence-electron chi connectivity index (χ3n) is 4.85. The van der Waals surface area contributed by atoms with Gasteiger partial charge in [-0.25, -0.2) is 5.43 Å². The Bertz CT molecular complexity index is 1190. The first-order valence-electron chi connectivity index (χ1n) is 10.9. The molecule has 9 nitrogen and oxygen atoms in total. The van der Waals surface area contributed by atoms with Crippen LogP contribution in [-0.4, -0.2) is 37.7 Å². The van der Waals surface area contributed by atoms with Gasteiger partial charge in [-0.2, -0.15) is 5.10 Å². The highest BCUT2D eigenvalue weighted by Crippen LogP contribution is 2.17. The van der Waals surface area contributed by atoms with Gasteiger partial charge in [0.15, 0.2) is 6.61 Å². The Morgan fingerprint density at radius 1 is 0.857 bits per heavy atom. The molecule has 3 rings (SSSR count). The van der Waals surface area contributed by atoms with Crippen molar-refractivity contribution < 1.29 is 23.9 Å². The average molecular weight is 475 g/mol. The van der Waals surface area contributed by atoms with Crippen molar-refractivity contribution in [2.75, 3.05) is 24.4 Å². The number of aryl methyl sites for hydroxylation is 1. The van der Waals surface area contributed by atoms with Crippen LogP contribution in [0.2, 0.25) is 0 Å². The van der Waals surface area contributed by atoms with Crippen LogP contribution < -0.4 is 25.5 Å². The van der Waals surface area contributed by atoms with Gasteiger partial charge in [0.05, 0.1) is 13.3 Å². The molecular formula is C26H26N4O5. The molecule has 0 saturated carbocycles. The molecular weight excluding hydrogens is 448 g/mol. The molecule has 0 atom stereocenters. The molecule has 35 heavy (non-hydrogen) atoms. The molecule has 3 aromatic carbocycles. The zero-order chi connectivity index (χ0) is 25.0. The predicted octanol–water partition coefficient (Wildman–Crippen LogP) is 3.36. The molecule has 0 aliphatic carbocycles. The summed E-state index contributed by atoms with van der Waals surface area (Å²) in [6, 6.07) is 21.0. The lowest BCUT2D eigenvalue weighted by Crippen LogP contribution is -2.32. The molecule has 3 N–H and O–H groups in total. The van der Waals surface area contributed by atoms with Crippen molar-refractivity contribution in [3.05, 3.63) is 83.9 Å².